The number of amides is 1. The molecule has 0 aromatic heterocycles. The van der Waals surface area contributed by atoms with Crippen LogP contribution in [0.25, 0.3) is 0 Å². The quantitative estimate of drug-likeness (QED) is 0.570. The number of para-hydroxylation sites is 1. The Labute approximate surface area is 172 Å². The molecule has 0 aliphatic heterocycles. The zero-order valence-electron chi connectivity index (χ0n) is 16.1. The van der Waals surface area contributed by atoms with Crippen LogP contribution in [0, 0.1) is 0 Å². The van der Waals surface area contributed by atoms with Crippen molar-refractivity contribution in [3.8, 4) is 0 Å². The molecule has 0 heterocycles. The third-order valence-electron chi connectivity index (χ3n) is 5.37. The summed E-state index contributed by atoms with van der Waals surface area (Å²) in [7, 11) is 0. The molecular weight excluding hydrogens is 389 g/mol. The van der Waals surface area contributed by atoms with Gasteiger partial charge in [-0.05, 0) is 53.8 Å². The number of alkyl halides is 3. The lowest BCUT2D eigenvalue weighted by Crippen LogP contribution is -2.35. The van der Waals surface area contributed by atoms with Crippen molar-refractivity contribution < 1.29 is 18.0 Å². The third-order valence-corrected chi connectivity index (χ3v) is 5.37. The Hall–Kier alpha value is -3.28. The van der Waals surface area contributed by atoms with E-state index < -0.39 is 17.8 Å². The molecule has 0 fully saturated rings. The minimum absolute atomic E-state index is 0.108. The molecule has 1 aliphatic rings. The number of anilines is 1. The van der Waals surface area contributed by atoms with E-state index in [9.17, 15) is 18.0 Å². The van der Waals surface area contributed by atoms with E-state index in [1.54, 1.807) is 0 Å². The van der Waals surface area contributed by atoms with Gasteiger partial charge in [-0.2, -0.15) is 13.2 Å². The van der Waals surface area contributed by atoms with Gasteiger partial charge < -0.3 is 10.6 Å². The highest BCUT2D eigenvalue weighted by atomic mass is 19.4. The number of hydrogen-bond acceptors (Lipinski definition) is 2. The van der Waals surface area contributed by atoms with Crippen molar-refractivity contribution in [2.24, 2.45) is 0 Å². The van der Waals surface area contributed by atoms with Crippen LogP contribution in [0.4, 0.5) is 18.9 Å². The molecule has 1 aliphatic carbocycles. The van der Waals surface area contributed by atoms with Gasteiger partial charge >= 0.3 is 6.18 Å². The predicted molar refractivity (Wildman–Crippen MR) is 110 cm³/mol. The first kappa shape index (κ1) is 20.0. The maximum atomic E-state index is 13.2. The second-order valence-electron chi connectivity index (χ2n) is 7.36. The van der Waals surface area contributed by atoms with E-state index >= 15 is 0 Å². The van der Waals surface area contributed by atoms with E-state index in [2.05, 4.69) is 16.7 Å². The van der Waals surface area contributed by atoms with Crippen LogP contribution in [0.5, 0.6) is 0 Å². The summed E-state index contributed by atoms with van der Waals surface area (Å²) in [6.07, 6.45) is -2.73. The number of aryl methyl sites for hydroxylation is 1. The van der Waals surface area contributed by atoms with E-state index in [0.29, 0.717) is 11.3 Å². The van der Waals surface area contributed by atoms with Gasteiger partial charge in [-0.3, -0.25) is 4.79 Å². The third kappa shape index (κ3) is 4.32. The lowest BCUT2D eigenvalue weighted by Gasteiger charge is -2.23. The molecule has 2 unspecified atom stereocenters. The van der Waals surface area contributed by atoms with Gasteiger partial charge in [0, 0.05) is 5.69 Å². The van der Waals surface area contributed by atoms with Crippen LogP contribution in [0.15, 0.2) is 78.9 Å². The molecule has 3 aromatic rings. The molecule has 3 aromatic carbocycles. The van der Waals surface area contributed by atoms with E-state index in [1.165, 1.54) is 17.7 Å². The molecule has 2 atom stereocenters. The van der Waals surface area contributed by atoms with Crippen molar-refractivity contribution in [3.63, 3.8) is 0 Å². The van der Waals surface area contributed by atoms with Gasteiger partial charge in [-0.15, -0.1) is 0 Å². The summed E-state index contributed by atoms with van der Waals surface area (Å²) in [6.45, 7) is 0. The Morgan fingerprint density at radius 1 is 0.900 bits per heavy atom. The summed E-state index contributed by atoms with van der Waals surface area (Å²) in [5.41, 5.74) is 2.75. The smallest absolute Gasteiger partial charge is 0.370 e. The minimum Gasteiger partial charge on any atom is -0.370 e. The van der Waals surface area contributed by atoms with Crippen molar-refractivity contribution >= 4 is 11.6 Å². The fraction of sp³-hybridized carbons (Fsp3) is 0.208. The van der Waals surface area contributed by atoms with Crippen LogP contribution in [-0.2, 0) is 17.4 Å². The predicted octanol–water partition coefficient (Wildman–Crippen LogP) is 5.66. The van der Waals surface area contributed by atoms with Crippen LogP contribution >= 0.6 is 0 Å². The second kappa shape index (κ2) is 8.22. The minimum atomic E-state index is -4.42. The molecule has 6 heteroatoms. The largest absolute Gasteiger partial charge is 0.416 e. The summed E-state index contributed by atoms with van der Waals surface area (Å²) in [6, 6.07) is 20.9. The van der Waals surface area contributed by atoms with Crippen LogP contribution in [0.3, 0.4) is 0 Å². The summed E-state index contributed by atoms with van der Waals surface area (Å²) in [5.74, 6) is -0.277. The summed E-state index contributed by atoms with van der Waals surface area (Å²) in [5, 5.41) is 6.23. The van der Waals surface area contributed by atoms with E-state index in [1.807, 2.05) is 48.5 Å². The van der Waals surface area contributed by atoms with Gasteiger partial charge in [-0.1, -0.05) is 54.6 Å². The fourth-order valence-corrected chi connectivity index (χ4v) is 3.83. The number of fused-ring (bicyclic) bond motifs is 1. The van der Waals surface area contributed by atoms with Gasteiger partial charge in [0.15, 0.2) is 0 Å². The van der Waals surface area contributed by atoms with Crippen molar-refractivity contribution in [1.82, 2.24) is 5.32 Å². The number of carbonyl (C=O) groups is 1. The Balaban J connectivity index is 1.59. The monoisotopic (exact) mass is 410 g/mol. The molecule has 0 spiro atoms. The summed E-state index contributed by atoms with van der Waals surface area (Å²) >= 11 is 0. The first-order valence-corrected chi connectivity index (χ1v) is 9.79. The Bertz CT molecular complexity index is 1020. The van der Waals surface area contributed by atoms with E-state index in [-0.39, 0.29) is 11.9 Å². The molecule has 1 amide bonds. The number of rotatable bonds is 5. The summed E-state index contributed by atoms with van der Waals surface area (Å²) in [4.78, 5) is 13.2. The standard InChI is InChI=1S/C24H21F3N2O/c25-24(26,27)18-13-10-17(11-14-18)22(28-19-7-2-1-3-8-19)23(30)29-21-15-12-16-6-4-5-9-20(16)21/h1-11,13-14,21-22,28H,12,15H2,(H,29,30). The maximum Gasteiger partial charge on any atom is 0.416 e. The van der Waals surface area contributed by atoms with Crippen LogP contribution in [-0.4, -0.2) is 5.91 Å². The van der Waals surface area contributed by atoms with Gasteiger partial charge in [0.05, 0.1) is 11.6 Å². The Kier molecular flexibility index (Phi) is 5.48. The fourth-order valence-electron chi connectivity index (χ4n) is 3.83. The molecule has 0 saturated heterocycles. The molecule has 2 N–H and O–H groups in total. The highest BCUT2D eigenvalue weighted by Gasteiger charge is 2.32. The number of hydrogen-bond donors (Lipinski definition) is 2. The average molecular weight is 410 g/mol. The molecule has 3 nitrogen and oxygen atoms in total. The zero-order valence-corrected chi connectivity index (χ0v) is 16.1. The first-order valence-electron chi connectivity index (χ1n) is 9.79. The SMILES string of the molecule is O=C(NC1CCc2ccccc21)C(Nc1ccccc1)c1ccc(C(F)(F)F)cc1. The highest BCUT2D eigenvalue weighted by molar-refractivity contribution is 5.86. The topological polar surface area (TPSA) is 41.1 Å². The second-order valence-corrected chi connectivity index (χ2v) is 7.36. The average Bonchev–Trinajstić information content (AvgIpc) is 3.15. The van der Waals surface area contributed by atoms with Gasteiger partial charge in [0.1, 0.15) is 6.04 Å². The van der Waals surface area contributed by atoms with E-state index in [0.717, 1.165) is 30.5 Å². The van der Waals surface area contributed by atoms with Crippen molar-refractivity contribution in [2.45, 2.75) is 31.1 Å². The van der Waals surface area contributed by atoms with Crippen molar-refractivity contribution in [2.75, 3.05) is 5.32 Å². The number of nitrogens with one attached hydrogen (secondary N) is 2. The van der Waals surface area contributed by atoms with Crippen LogP contribution in [0.2, 0.25) is 0 Å². The maximum absolute atomic E-state index is 13.2. The molecule has 0 saturated carbocycles. The van der Waals surface area contributed by atoms with E-state index in [4.69, 9.17) is 0 Å². The van der Waals surface area contributed by atoms with Crippen LogP contribution in [0.1, 0.15) is 40.8 Å². The Morgan fingerprint density at radius 3 is 2.27 bits per heavy atom. The van der Waals surface area contributed by atoms with Gasteiger partial charge in [0.2, 0.25) is 5.91 Å². The number of benzene rings is 3. The zero-order chi connectivity index (χ0) is 21.1. The molecule has 30 heavy (non-hydrogen) atoms. The Morgan fingerprint density at radius 2 is 1.57 bits per heavy atom. The van der Waals surface area contributed by atoms with Crippen molar-refractivity contribution in [1.29, 1.82) is 0 Å². The highest BCUT2D eigenvalue weighted by Crippen LogP contribution is 2.33. The molecular formula is C24H21F3N2O. The number of halogens is 3. The molecule has 154 valence electrons. The van der Waals surface area contributed by atoms with Crippen molar-refractivity contribution in [3.05, 3.63) is 101 Å². The lowest BCUT2D eigenvalue weighted by molar-refractivity contribution is -0.137. The summed E-state index contributed by atoms with van der Waals surface area (Å²) < 4.78 is 38.8. The number of carbonyl (C=O) groups excluding carboxylic acids is 1. The van der Waals surface area contributed by atoms with Gasteiger partial charge in [-0.25, -0.2) is 0 Å². The molecule has 0 radical (unpaired) electrons. The lowest BCUT2D eigenvalue weighted by atomic mass is 10.0. The first-order chi connectivity index (χ1) is 14.4. The normalized spacial score (nSPS) is 16.6. The molecule has 4 rings (SSSR count). The van der Waals surface area contributed by atoms with Crippen LogP contribution < -0.4 is 10.6 Å². The van der Waals surface area contributed by atoms with Gasteiger partial charge in [0.25, 0.3) is 0 Å². The molecule has 0 bridgehead atoms.